The maximum absolute atomic E-state index is 13.0. The van der Waals surface area contributed by atoms with E-state index in [-0.39, 0.29) is 5.33 Å². The minimum Gasteiger partial charge on any atom is -0.293 e. The van der Waals surface area contributed by atoms with Crippen molar-refractivity contribution in [1.82, 2.24) is 0 Å². The van der Waals surface area contributed by atoms with Crippen LogP contribution in [0.3, 0.4) is 0 Å². The number of hydrogen-bond acceptors (Lipinski definition) is 3. The Hall–Kier alpha value is -1.37. The van der Waals surface area contributed by atoms with Crippen molar-refractivity contribution in [2.75, 3.05) is 5.33 Å². The second kappa shape index (κ2) is 4.43. The van der Waals surface area contributed by atoms with E-state index in [4.69, 9.17) is 0 Å². The molecule has 7 heteroatoms. The number of nitro benzene ring substituents is 1. The molecule has 0 fully saturated rings. The summed E-state index contributed by atoms with van der Waals surface area (Å²) in [4.78, 5) is 20.4. The van der Waals surface area contributed by atoms with Gasteiger partial charge in [-0.05, 0) is 0 Å². The zero-order chi connectivity index (χ0) is 11.6. The molecule has 1 aromatic carbocycles. The van der Waals surface area contributed by atoms with Crippen LogP contribution in [0.15, 0.2) is 12.1 Å². The van der Waals surface area contributed by atoms with Crippen LogP contribution < -0.4 is 0 Å². The minimum absolute atomic E-state index is 0.188. The lowest BCUT2D eigenvalue weighted by atomic mass is 10.1. The monoisotopic (exact) mass is 279 g/mol. The molecular formula is C8H4BrF2NO3. The van der Waals surface area contributed by atoms with Crippen LogP contribution in [0.4, 0.5) is 14.5 Å². The summed E-state index contributed by atoms with van der Waals surface area (Å²) in [5.41, 5.74) is -1.42. The predicted molar refractivity (Wildman–Crippen MR) is 51.1 cm³/mol. The summed E-state index contributed by atoms with van der Waals surface area (Å²) in [5.74, 6) is -3.10. The SMILES string of the molecule is O=C(CBr)c1cc([N+](=O)[O-])c(F)cc1F. The maximum atomic E-state index is 13.0. The fourth-order valence-electron chi connectivity index (χ4n) is 0.963. The van der Waals surface area contributed by atoms with Gasteiger partial charge in [0.1, 0.15) is 5.82 Å². The van der Waals surface area contributed by atoms with Crippen LogP contribution in [0.5, 0.6) is 0 Å². The quantitative estimate of drug-likeness (QED) is 0.370. The summed E-state index contributed by atoms with van der Waals surface area (Å²) < 4.78 is 25.9. The van der Waals surface area contributed by atoms with Gasteiger partial charge in [0.15, 0.2) is 5.78 Å². The number of halogens is 3. The van der Waals surface area contributed by atoms with E-state index >= 15 is 0 Å². The van der Waals surface area contributed by atoms with Crippen molar-refractivity contribution in [2.45, 2.75) is 0 Å². The van der Waals surface area contributed by atoms with Gasteiger partial charge in [-0.1, -0.05) is 15.9 Å². The highest BCUT2D eigenvalue weighted by Crippen LogP contribution is 2.22. The van der Waals surface area contributed by atoms with E-state index in [1.807, 2.05) is 0 Å². The Labute approximate surface area is 91.2 Å². The Morgan fingerprint density at radius 2 is 2.00 bits per heavy atom. The normalized spacial score (nSPS) is 10.1. The molecular weight excluding hydrogens is 276 g/mol. The lowest BCUT2D eigenvalue weighted by molar-refractivity contribution is -0.387. The van der Waals surface area contributed by atoms with Gasteiger partial charge in [0.2, 0.25) is 5.82 Å². The van der Waals surface area contributed by atoms with E-state index in [2.05, 4.69) is 15.9 Å². The van der Waals surface area contributed by atoms with Gasteiger partial charge in [-0.3, -0.25) is 14.9 Å². The Morgan fingerprint density at radius 1 is 1.40 bits per heavy atom. The first-order chi connectivity index (χ1) is 6.97. The average Bonchev–Trinajstić information content (AvgIpc) is 2.16. The van der Waals surface area contributed by atoms with Crippen molar-refractivity contribution < 1.29 is 18.5 Å². The van der Waals surface area contributed by atoms with Crippen molar-refractivity contribution in [3.63, 3.8) is 0 Å². The van der Waals surface area contributed by atoms with Gasteiger partial charge >= 0.3 is 5.69 Å². The predicted octanol–water partition coefficient (Wildman–Crippen LogP) is 2.45. The number of benzene rings is 1. The number of ketones is 1. The molecule has 0 spiro atoms. The van der Waals surface area contributed by atoms with E-state index in [1.165, 1.54) is 0 Å². The zero-order valence-electron chi connectivity index (χ0n) is 7.17. The summed E-state index contributed by atoms with van der Waals surface area (Å²) in [6.45, 7) is 0. The third-order valence-electron chi connectivity index (χ3n) is 1.65. The number of alkyl halides is 1. The second-order valence-electron chi connectivity index (χ2n) is 2.60. The molecule has 4 nitrogen and oxygen atoms in total. The fourth-order valence-corrected chi connectivity index (χ4v) is 1.27. The van der Waals surface area contributed by atoms with Crippen molar-refractivity contribution in [3.05, 3.63) is 39.4 Å². The summed E-state index contributed by atoms with van der Waals surface area (Å²) in [6.07, 6.45) is 0. The molecule has 0 N–H and O–H groups in total. The first-order valence-corrected chi connectivity index (χ1v) is 4.82. The lowest BCUT2D eigenvalue weighted by Crippen LogP contribution is -2.06. The van der Waals surface area contributed by atoms with E-state index in [0.29, 0.717) is 12.1 Å². The molecule has 0 aliphatic rings. The average molecular weight is 280 g/mol. The Balaban J connectivity index is 3.36. The standard InChI is InChI=1S/C8H4BrF2NO3/c9-3-8(13)4-1-7(12(14)15)6(11)2-5(4)10/h1-2H,3H2. The molecule has 0 unspecified atom stereocenters. The van der Waals surface area contributed by atoms with Crippen molar-refractivity contribution >= 4 is 27.4 Å². The first-order valence-electron chi connectivity index (χ1n) is 3.70. The van der Waals surface area contributed by atoms with E-state index in [0.717, 1.165) is 0 Å². The summed E-state index contributed by atoms with van der Waals surface area (Å²) in [5, 5.41) is 10.1. The van der Waals surface area contributed by atoms with Gasteiger partial charge in [-0.15, -0.1) is 0 Å². The van der Waals surface area contributed by atoms with Crippen LogP contribution >= 0.6 is 15.9 Å². The third kappa shape index (κ3) is 2.35. The van der Waals surface area contributed by atoms with Gasteiger partial charge in [0, 0.05) is 12.1 Å². The molecule has 0 aromatic heterocycles. The van der Waals surface area contributed by atoms with Crippen LogP contribution in [-0.4, -0.2) is 16.0 Å². The lowest BCUT2D eigenvalue weighted by Gasteiger charge is -2.00. The molecule has 0 aliphatic carbocycles. The molecule has 1 aromatic rings. The molecule has 80 valence electrons. The second-order valence-corrected chi connectivity index (χ2v) is 3.16. The maximum Gasteiger partial charge on any atom is 0.305 e. The van der Waals surface area contributed by atoms with Crippen LogP contribution in [0.2, 0.25) is 0 Å². The van der Waals surface area contributed by atoms with Crippen LogP contribution in [0.1, 0.15) is 10.4 Å². The molecule has 0 saturated carbocycles. The number of nitrogens with zero attached hydrogens (tertiary/aromatic N) is 1. The van der Waals surface area contributed by atoms with Crippen LogP contribution in [-0.2, 0) is 0 Å². The molecule has 0 amide bonds. The molecule has 0 heterocycles. The Morgan fingerprint density at radius 3 is 2.47 bits per heavy atom. The van der Waals surface area contributed by atoms with E-state index in [1.54, 1.807) is 0 Å². The van der Waals surface area contributed by atoms with Gasteiger partial charge in [-0.25, -0.2) is 4.39 Å². The van der Waals surface area contributed by atoms with Crippen molar-refractivity contribution in [3.8, 4) is 0 Å². The zero-order valence-corrected chi connectivity index (χ0v) is 8.75. The number of carbonyl (C=O) groups excluding carboxylic acids is 1. The summed E-state index contributed by atoms with van der Waals surface area (Å²) in [7, 11) is 0. The first kappa shape index (κ1) is 11.7. The molecule has 1 rings (SSSR count). The van der Waals surface area contributed by atoms with Gasteiger partial charge in [0.05, 0.1) is 15.8 Å². The van der Waals surface area contributed by atoms with Crippen LogP contribution in [0, 0.1) is 21.7 Å². The molecule has 15 heavy (non-hydrogen) atoms. The number of carbonyl (C=O) groups is 1. The fraction of sp³-hybridized carbons (Fsp3) is 0.125. The molecule has 0 saturated heterocycles. The smallest absolute Gasteiger partial charge is 0.293 e. The van der Waals surface area contributed by atoms with E-state index < -0.39 is 33.6 Å². The summed E-state index contributed by atoms with van der Waals surface area (Å²) in [6, 6.07) is 0.919. The molecule has 0 radical (unpaired) electrons. The Kier molecular flexibility index (Phi) is 3.46. The number of hydrogen-bond donors (Lipinski definition) is 0. The van der Waals surface area contributed by atoms with Crippen LogP contribution in [0.25, 0.3) is 0 Å². The highest BCUT2D eigenvalue weighted by Gasteiger charge is 2.21. The molecule has 0 bridgehead atoms. The topological polar surface area (TPSA) is 60.2 Å². The van der Waals surface area contributed by atoms with E-state index in [9.17, 15) is 23.7 Å². The number of Topliss-reactive ketones (excluding diaryl/α,β-unsaturated/α-hetero) is 1. The van der Waals surface area contributed by atoms with Crippen molar-refractivity contribution in [2.24, 2.45) is 0 Å². The summed E-state index contributed by atoms with van der Waals surface area (Å²) >= 11 is 2.79. The largest absolute Gasteiger partial charge is 0.305 e. The van der Waals surface area contributed by atoms with Gasteiger partial charge in [0.25, 0.3) is 0 Å². The molecule has 0 aliphatic heterocycles. The van der Waals surface area contributed by atoms with Gasteiger partial charge in [-0.2, -0.15) is 4.39 Å². The molecule has 0 atom stereocenters. The minimum atomic E-state index is -1.30. The van der Waals surface area contributed by atoms with Gasteiger partial charge < -0.3 is 0 Å². The third-order valence-corrected chi connectivity index (χ3v) is 2.16. The Bertz CT molecular complexity index is 436. The highest BCUT2D eigenvalue weighted by molar-refractivity contribution is 9.09. The van der Waals surface area contributed by atoms with Crippen molar-refractivity contribution in [1.29, 1.82) is 0 Å². The number of rotatable bonds is 3. The number of nitro groups is 1. The highest BCUT2D eigenvalue weighted by atomic mass is 79.9.